The highest BCUT2D eigenvalue weighted by Crippen LogP contribution is 2.39. The summed E-state index contributed by atoms with van der Waals surface area (Å²) >= 11 is 0. The Bertz CT molecular complexity index is 340. The van der Waals surface area contributed by atoms with Crippen LogP contribution in [0.25, 0.3) is 0 Å². The molecule has 0 spiro atoms. The van der Waals surface area contributed by atoms with E-state index in [-0.39, 0.29) is 0 Å². The van der Waals surface area contributed by atoms with Crippen molar-refractivity contribution in [1.29, 1.82) is 0 Å². The van der Waals surface area contributed by atoms with Gasteiger partial charge in [0.2, 0.25) is 5.91 Å². The lowest BCUT2D eigenvalue weighted by atomic mass is 9.70. The average molecular weight is 294 g/mol. The number of likely N-dealkylation sites (tertiary alicyclic amines) is 1. The molecule has 1 aliphatic carbocycles. The van der Waals surface area contributed by atoms with Crippen molar-refractivity contribution in [2.24, 2.45) is 17.3 Å². The average Bonchev–Trinajstić information content (AvgIpc) is 2.81. The largest absolute Gasteiger partial charge is 0.341 e. The SMILES string of the molecule is CC(CN1CCCC1=O)NCC1CCC(C(C)(C)C)CC1. The third-order valence-electron chi connectivity index (χ3n) is 5.49. The molecule has 1 unspecified atom stereocenters. The van der Waals surface area contributed by atoms with Crippen molar-refractivity contribution in [3.8, 4) is 0 Å². The van der Waals surface area contributed by atoms with Crippen molar-refractivity contribution >= 4 is 5.91 Å². The molecule has 1 saturated heterocycles. The van der Waals surface area contributed by atoms with E-state index < -0.39 is 0 Å². The Hall–Kier alpha value is -0.570. The molecule has 2 aliphatic rings. The highest BCUT2D eigenvalue weighted by Gasteiger charge is 2.29. The monoisotopic (exact) mass is 294 g/mol. The van der Waals surface area contributed by atoms with Gasteiger partial charge in [-0.15, -0.1) is 0 Å². The van der Waals surface area contributed by atoms with E-state index in [4.69, 9.17) is 0 Å². The number of nitrogens with one attached hydrogen (secondary N) is 1. The van der Waals surface area contributed by atoms with Crippen molar-refractivity contribution in [3.63, 3.8) is 0 Å². The van der Waals surface area contributed by atoms with Crippen molar-refractivity contribution in [3.05, 3.63) is 0 Å². The summed E-state index contributed by atoms with van der Waals surface area (Å²) in [6.07, 6.45) is 7.30. The highest BCUT2D eigenvalue weighted by molar-refractivity contribution is 5.78. The third kappa shape index (κ3) is 4.98. The van der Waals surface area contributed by atoms with Gasteiger partial charge in [-0.25, -0.2) is 0 Å². The summed E-state index contributed by atoms with van der Waals surface area (Å²) in [4.78, 5) is 13.7. The first-order valence-corrected chi connectivity index (χ1v) is 8.87. The predicted molar refractivity (Wildman–Crippen MR) is 88.2 cm³/mol. The zero-order valence-corrected chi connectivity index (χ0v) is 14.5. The lowest BCUT2D eigenvalue weighted by molar-refractivity contribution is -0.127. The second-order valence-corrected chi connectivity index (χ2v) is 8.34. The minimum atomic E-state index is 0.342. The summed E-state index contributed by atoms with van der Waals surface area (Å²) in [6, 6.07) is 0.424. The molecule has 2 rings (SSSR count). The molecule has 1 amide bonds. The van der Waals surface area contributed by atoms with Crippen LogP contribution in [0.15, 0.2) is 0 Å². The molecule has 1 saturated carbocycles. The van der Waals surface area contributed by atoms with E-state index in [0.29, 0.717) is 17.4 Å². The van der Waals surface area contributed by atoms with Crippen molar-refractivity contribution < 1.29 is 4.79 Å². The van der Waals surface area contributed by atoms with E-state index in [1.807, 2.05) is 4.90 Å². The van der Waals surface area contributed by atoms with Crippen molar-refractivity contribution in [2.75, 3.05) is 19.6 Å². The van der Waals surface area contributed by atoms with Crippen LogP contribution in [-0.2, 0) is 4.79 Å². The number of amides is 1. The topological polar surface area (TPSA) is 32.3 Å². The number of rotatable bonds is 5. The summed E-state index contributed by atoms with van der Waals surface area (Å²) < 4.78 is 0. The molecular weight excluding hydrogens is 260 g/mol. The number of hydrogen-bond acceptors (Lipinski definition) is 2. The fraction of sp³-hybridized carbons (Fsp3) is 0.944. The molecule has 0 aromatic carbocycles. The molecule has 3 heteroatoms. The van der Waals surface area contributed by atoms with Gasteiger partial charge >= 0.3 is 0 Å². The van der Waals surface area contributed by atoms with Gasteiger partial charge in [0.25, 0.3) is 0 Å². The maximum atomic E-state index is 11.6. The van der Waals surface area contributed by atoms with Gasteiger partial charge < -0.3 is 10.2 Å². The second kappa shape index (κ2) is 7.13. The smallest absolute Gasteiger partial charge is 0.222 e. The van der Waals surface area contributed by atoms with Gasteiger partial charge in [0.05, 0.1) is 0 Å². The van der Waals surface area contributed by atoms with Crippen LogP contribution in [0.4, 0.5) is 0 Å². The Kier molecular flexibility index (Phi) is 5.70. The molecule has 0 aromatic rings. The predicted octanol–water partition coefficient (Wildman–Crippen LogP) is 3.44. The Morgan fingerprint density at radius 1 is 1.24 bits per heavy atom. The fourth-order valence-corrected chi connectivity index (χ4v) is 3.89. The molecule has 1 N–H and O–H groups in total. The zero-order valence-electron chi connectivity index (χ0n) is 14.5. The molecule has 1 aliphatic heterocycles. The molecular formula is C18H34N2O. The molecule has 1 heterocycles. The van der Waals surface area contributed by atoms with E-state index in [2.05, 4.69) is 33.0 Å². The first kappa shape index (κ1) is 16.8. The van der Waals surface area contributed by atoms with Gasteiger partial charge in [0.15, 0.2) is 0 Å². The molecule has 1 atom stereocenters. The van der Waals surface area contributed by atoms with Gasteiger partial charge in [-0.05, 0) is 62.8 Å². The summed E-state index contributed by atoms with van der Waals surface area (Å²) in [5.41, 5.74) is 0.474. The van der Waals surface area contributed by atoms with Crippen LogP contribution in [0.1, 0.15) is 66.2 Å². The van der Waals surface area contributed by atoms with Gasteiger partial charge in [-0.2, -0.15) is 0 Å². The standard InChI is InChI=1S/C18H34N2O/c1-14(13-20-11-5-6-17(20)21)19-12-15-7-9-16(10-8-15)18(2,3)4/h14-16,19H,5-13H2,1-4H3. The Morgan fingerprint density at radius 2 is 1.90 bits per heavy atom. The van der Waals surface area contributed by atoms with Gasteiger partial charge in [0.1, 0.15) is 0 Å². The molecule has 3 nitrogen and oxygen atoms in total. The Balaban J connectivity index is 1.64. The van der Waals surface area contributed by atoms with Crippen LogP contribution in [0.5, 0.6) is 0 Å². The Labute approximate surface area is 130 Å². The van der Waals surface area contributed by atoms with Crippen molar-refractivity contribution in [1.82, 2.24) is 10.2 Å². The number of hydrogen-bond donors (Lipinski definition) is 1. The first-order valence-electron chi connectivity index (χ1n) is 8.87. The minimum absolute atomic E-state index is 0.342. The van der Waals surface area contributed by atoms with Gasteiger partial charge in [-0.1, -0.05) is 20.8 Å². The van der Waals surface area contributed by atoms with Crippen LogP contribution in [0, 0.1) is 17.3 Å². The van der Waals surface area contributed by atoms with Gasteiger partial charge in [-0.3, -0.25) is 4.79 Å². The number of carbonyl (C=O) groups is 1. The van der Waals surface area contributed by atoms with E-state index in [1.54, 1.807) is 0 Å². The molecule has 21 heavy (non-hydrogen) atoms. The third-order valence-corrected chi connectivity index (χ3v) is 5.49. The number of carbonyl (C=O) groups excluding carboxylic acids is 1. The molecule has 0 radical (unpaired) electrons. The van der Waals surface area contributed by atoms with E-state index >= 15 is 0 Å². The molecule has 0 bridgehead atoms. The van der Waals surface area contributed by atoms with Crippen LogP contribution in [0.3, 0.4) is 0 Å². The minimum Gasteiger partial charge on any atom is -0.341 e. The number of nitrogens with zero attached hydrogens (tertiary/aromatic N) is 1. The first-order chi connectivity index (χ1) is 9.86. The van der Waals surface area contributed by atoms with E-state index in [9.17, 15) is 4.79 Å². The Morgan fingerprint density at radius 3 is 2.43 bits per heavy atom. The van der Waals surface area contributed by atoms with Gasteiger partial charge in [0, 0.05) is 25.6 Å². The normalized spacial score (nSPS) is 29.0. The maximum absolute atomic E-state index is 11.6. The zero-order chi connectivity index (χ0) is 15.5. The van der Waals surface area contributed by atoms with Crippen LogP contribution >= 0.6 is 0 Å². The van der Waals surface area contributed by atoms with Crippen LogP contribution in [0.2, 0.25) is 0 Å². The van der Waals surface area contributed by atoms with E-state index in [0.717, 1.165) is 44.3 Å². The summed E-state index contributed by atoms with van der Waals surface area (Å²) in [5.74, 6) is 2.07. The molecule has 2 fully saturated rings. The van der Waals surface area contributed by atoms with Crippen molar-refractivity contribution in [2.45, 2.75) is 72.3 Å². The lowest BCUT2D eigenvalue weighted by Gasteiger charge is -2.37. The van der Waals surface area contributed by atoms with Crippen LogP contribution in [-0.4, -0.2) is 36.5 Å². The second-order valence-electron chi connectivity index (χ2n) is 8.34. The maximum Gasteiger partial charge on any atom is 0.222 e. The quantitative estimate of drug-likeness (QED) is 0.842. The summed E-state index contributed by atoms with van der Waals surface area (Å²) in [5, 5.41) is 3.66. The fourth-order valence-electron chi connectivity index (χ4n) is 3.89. The summed E-state index contributed by atoms with van der Waals surface area (Å²) in [7, 11) is 0. The van der Waals surface area contributed by atoms with Crippen LogP contribution < -0.4 is 5.32 Å². The summed E-state index contributed by atoms with van der Waals surface area (Å²) in [6.45, 7) is 12.3. The van der Waals surface area contributed by atoms with E-state index in [1.165, 1.54) is 25.7 Å². The molecule has 122 valence electrons. The highest BCUT2D eigenvalue weighted by atomic mass is 16.2. The molecule has 0 aromatic heterocycles. The lowest BCUT2D eigenvalue weighted by Crippen LogP contribution is -2.42.